The molecule has 2 aromatic heterocycles. The van der Waals surface area contributed by atoms with Crippen molar-refractivity contribution in [3.05, 3.63) is 30.2 Å². The van der Waals surface area contributed by atoms with E-state index in [4.69, 9.17) is 0 Å². The van der Waals surface area contributed by atoms with Crippen molar-refractivity contribution < 1.29 is 12.3 Å². The number of nitrogens with zero attached hydrogens (tertiary/aromatic N) is 3. The van der Waals surface area contributed by atoms with E-state index in [-0.39, 0.29) is 5.56 Å². The SMILES string of the molecule is O=S(=O)(F)Cc1cnc2ccnn2c1. The van der Waals surface area contributed by atoms with Crippen LogP contribution >= 0.6 is 0 Å². The fourth-order valence-electron chi connectivity index (χ4n) is 1.12. The molecule has 2 aromatic rings. The van der Waals surface area contributed by atoms with Gasteiger partial charge in [0.25, 0.3) is 0 Å². The normalized spacial score (nSPS) is 12.1. The van der Waals surface area contributed by atoms with Gasteiger partial charge in [0.1, 0.15) is 5.75 Å². The van der Waals surface area contributed by atoms with Crippen LogP contribution in [0.2, 0.25) is 0 Å². The van der Waals surface area contributed by atoms with Crippen molar-refractivity contribution in [1.29, 1.82) is 0 Å². The molecule has 0 aliphatic heterocycles. The molecule has 0 amide bonds. The Hall–Kier alpha value is -1.50. The van der Waals surface area contributed by atoms with Crippen molar-refractivity contribution in [2.45, 2.75) is 5.75 Å². The smallest absolute Gasteiger partial charge is 0.237 e. The van der Waals surface area contributed by atoms with Gasteiger partial charge in [-0.25, -0.2) is 9.50 Å². The highest BCUT2D eigenvalue weighted by atomic mass is 32.3. The van der Waals surface area contributed by atoms with Gasteiger partial charge in [-0.2, -0.15) is 13.5 Å². The Morgan fingerprint density at radius 2 is 2.29 bits per heavy atom. The van der Waals surface area contributed by atoms with E-state index in [0.29, 0.717) is 5.65 Å². The molecule has 0 spiro atoms. The number of fused-ring (bicyclic) bond motifs is 1. The summed E-state index contributed by atoms with van der Waals surface area (Å²) in [6.07, 6.45) is 4.27. The second-order valence-corrected chi connectivity index (χ2v) is 4.15. The van der Waals surface area contributed by atoms with E-state index < -0.39 is 16.0 Å². The van der Waals surface area contributed by atoms with E-state index in [9.17, 15) is 12.3 Å². The summed E-state index contributed by atoms with van der Waals surface area (Å²) in [5.74, 6) is -0.671. The van der Waals surface area contributed by atoms with Gasteiger partial charge in [-0.1, -0.05) is 0 Å². The Morgan fingerprint density at radius 1 is 1.50 bits per heavy atom. The van der Waals surface area contributed by atoms with E-state index in [0.717, 1.165) is 0 Å². The fourth-order valence-corrected chi connectivity index (χ4v) is 1.67. The first-order chi connectivity index (χ1) is 6.54. The van der Waals surface area contributed by atoms with Gasteiger partial charge in [-0.05, 0) is 0 Å². The van der Waals surface area contributed by atoms with Crippen LogP contribution in [0.3, 0.4) is 0 Å². The topological polar surface area (TPSA) is 64.3 Å². The molecule has 5 nitrogen and oxygen atoms in total. The van der Waals surface area contributed by atoms with Gasteiger partial charge in [0.05, 0.1) is 6.20 Å². The van der Waals surface area contributed by atoms with Crippen LogP contribution < -0.4 is 0 Å². The third kappa shape index (κ3) is 1.87. The minimum Gasteiger partial charge on any atom is -0.237 e. The third-order valence-corrected chi connectivity index (χ3v) is 2.32. The molecule has 0 N–H and O–H groups in total. The highest BCUT2D eigenvalue weighted by Crippen LogP contribution is 2.07. The van der Waals surface area contributed by atoms with E-state index >= 15 is 0 Å². The van der Waals surface area contributed by atoms with Gasteiger partial charge in [-0.3, -0.25) is 0 Å². The van der Waals surface area contributed by atoms with Crippen molar-refractivity contribution in [3.8, 4) is 0 Å². The molecular weight excluding hydrogens is 209 g/mol. The number of rotatable bonds is 2. The first-order valence-corrected chi connectivity index (χ1v) is 5.30. The Bertz CT molecular complexity index is 563. The molecule has 0 aliphatic rings. The predicted octanol–water partition coefficient (Wildman–Crippen LogP) is 0.529. The van der Waals surface area contributed by atoms with Crippen molar-refractivity contribution in [2.24, 2.45) is 0 Å². The van der Waals surface area contributed by atoms with Crippen molar-refractivity contribution in [1.82, 2.24) is 14.6 Å². The molecule has 74 valence electrons. The van der Waals surface area contributed by atoms with Crippen LogP contribution in [0, 0.1) is 0 Å². The molecule has 0 atom stereocenters. The summed E-state index contributed by atoms with van der Waals surface area (Å²) in [4.78, 5) is 3.89. The van der Waals surface area contributed by atoms with Crippen LogP contribution in [0.5, 0.6) is 0 Å². The Morgan fingerprint density at radius 3 is 3.00 bits per heavy atom. The molecule has 0 aliphatic carbocycles. The lowest BCUT2D eigenvalue weighted by Crippen LogP contribution is -2.00. The summed E-state index contributed by atoms with van der Waals surface area (Å²) < 4.78 is 34.4. The van der Waals surface area contributed by atoms with Gasteiger partial charge in [-0.15, -0.1) is 3.89 Å². The molecule has 0 saturated heterocycles. The first kappa shape index (κ1) is 9.07. The summed E-state index contributed by atoms with van der Waals surface area (Å²) in [5, 5.41) is 3.85. The third-order valence-electron chi connectivity index (χ3n) is 1.64. The maximum Gasteiger partial charge on any atom is 0.306 e. The lowest BCUT2D eigenvalue weighted by Gasteiger charge is -1.97. The Balaban J connectivity index is 2.44. The summed E-state index contributed by atoms with van der Waals surface area (Å²) in [7, 11) is -4.51. The molecule has 0 radical (unpaired) electrons. The summed E-state index contributed by atoms with van der Waals surface area (Å²) in [6, 6.07) is 1.66. The molecule has 0 unspecified atom stereocenters. The van der Waals surface area contributed by atoms with Gasteiger partial charge in [0.2, 0.25) is 0 Å². The fraction of sp³-hybridized carbons (Fsp3) is 0.143. The van der Waals surface area contributed by atoms with E-state index in [1.165, 1.54) is 23.1 Å². The average Bonchev–Trinajstić information content (AvgIpc) is 2.47. The van der Waals surface area contributed by atoms with Crippen molar-refractivity contribution >= 4 is 15.9 Å². The highest BCUT2D eigenvalue weighted by molar-refractivity contribution is 7.85. The molecule has 0 aromatic carbocycles. The van der Waals surface area contributed by atoms with Crippen LogP contribution in [0.4, 0.5) is 3.89 Å². The first-order valence-electron chi connectivity index (χ1n) is 3.75. The second-order valence-electron chi connectivity index (χ2n) is 2.78. The van der Waals surface area contributed by atoms with Gasteiger partial charge < -0.3 is 0 Å². The Kier molecular flexibility index (Phi) is 1.95. The van der Waals surface area contributed by atoms with E-state index in [2.05, 4.69) is 10.1 Å². The molecule has 7 heteroatoms. The van der Waals surface area contributed by atoms with Crippen LogP contribution in [-0.2, 0) is 16.0 Å². The lowest BCUT2D eigenvalue weighted by molar-refractivity contribution is 0.551. The monoisotopic (exact) mass is 215 g/mol. The van der Waals surface area contributed by atoms with Crippen LogP contribution in [0.1, 0.15) is 5.56 Å². The summed E-state index contributed by atoms with van der Waals surface area (Å²) in [6.45, 7) is 0. The zero-order valence-corrected chi connectivity index (χ0v) is 7.78. The van der Waals surface area contributed by atoms with E-state index in [1.807, 2.05) is 0 Å². The number of halogens is 1. The molecule has 0 saturated carbocycles. The molecular formula is C7H6FN3O2S. The molecule has 0 bridgehead atoms. The molecule has 2 rings (SSSR count). The van der Waals surface area contributed by atoms with Crippen molar-refractivity contribution in [3.63, 3.8) is 0 Å². The quantitative estimate of drug-likeness (QED) is 0.685. The minimum absolute atomic E-state index is 0.267. The highest BCUT2D eigenvalue weighted by Gasteiger charge is 2.09. The zero-order valence-electron chi connectivity index (χ0n) is 6.96. The van der Waals surface area contributed by atoms with Crippen LogP contribution in [0.25, 0.3) is 5.65 Å². The lowest BCUT2D eigenvalue weighted by atomic mass is 10.4. The number of aromatic nitrogens is 3. The number of hydrogen-bond donors (Lipinski definition) is 0. The van der Waals surface area contributed by atoms with Gasteiger partial charge in [0.15, 0.2) is 5.65 Å². The summed E-state index contributed by atoms with van der Waals surface area (Å²) >= 11 is 0. The average molecular weight is 215 g/mol. The second kappa shape index (κ2) is 3.02. The van der Waals surface area contributed by atoms with Crippen LogP contribution in [0.15, 0.2) is 24.7 Å². The number of hydrogen-bond acceptors (Lipinski definition) is 4. The van der Waals surface area contributed by atoms with E-state index in [1.54, 1.807) is 6.07 Å². The molecule has 2 heterocycles. The molecule has 0 fully saturated rings. The largest absolute Gasteiger partial charge is 0.306 e. The summed E-state index contributed by atoms with van der Waals surface area (Å²) in [5.41, 5.74) is 0.855. The standard InChI is InChI=1S/C7H6FN3O2S/c8-14(12,13)5-6-3-9-7-1-2-10-11(7)4-6/h1-4H,5H2. The predicted molar refractivity (Wildman–Crippen MR) is 46.7 cm³/mol. The zero-order chi connectivity index (χ0) is 10.2. The van der Waals surface area contributed by atoms with Gasteiger partial charge in [0, 0.05) is 24.0 Å². The molecule has 14 heavy (non-hydrogen) atoms. The van der Waals surface area contributed by atoms with Crippen LogP contribution in [-0.4, -0.2) is 23.0 Å². The van der Waals surface area contributed by atoms with Gasteiger partial charge >= 0.3 is 10.2 Å². The maximum absolute atomic E-state index is 12.3. The Labute approximate surface area is 79.4 Å². The minimum atomic E-state index is -4.51. The maximum atomic E-state index is 12.3. The van der Waals surface area contributed by atoms with Crippen molar-refractivity contribution in [2.75, 3.05) is 0 Å².